The van der Waals surface area contributed by atoms with Crippen molar-refractivity contribution in [1.29, 1.82) is 0 Å². The number of halogens is 1. The van der Waals surface area contributed by atoms with E-state index in [1.807, 2.05) is 27.7 Å². The molecule has 1 N–H and O–H groups in total. The lowest BCUT2D eigenvalue weighted by Gasteiger charge is -2.33. The van der Waals surface area contributed by atoms with Crippen LogP contribution in [0.15, 0.2) is 0 Å². The molecule has 0 aliphatic rings. The molecule has 56 valence electrons. The lowest BCUT2D eigenvalue weighted by molar-refractivity contribution is -0.318. The van der Waals surface area contributed by atoms with Gasteiger partial charge >= 0.3 is 0 Å². The highest BCUT2D eigenvalue weighted by Gasteiger charge is 2.36. The van der Waals surface area contributed by atoms with E-state index in [0.29, 0.717) is 0 Å². The average molecular weight is 197 g/mol. The molecule has 0 aromatic heterocycles. The third-order valence-corrected chi connectivity index (χ3v) is 2.61. The molecule has 3 heteroatoms. The van der Waals surface area contributed by atoms with E-state index in [1.54, 1.807) is 0 Å². The maximum Gasteiger partial charge on any atom is 0.112 e. The molecule has 0 saturated heterocycles. The van der Waals surface area contributed by atoms with Crippen LogP contribution in [0.1, 0.15) is 27.7 Å². The first-order valence-corrected chi connectivity index (χ1v) is 3.62. The van der Waals surface area contributed by atoms with Crippen molar-refractivity contribution in [3.8, 4) is 0 Å². The van der Waals surface area contributed by atoms with Gasteiger partial charge in [-0.1, -0.05) is 15.9 Å². The molecule has 0 aromatic rings. The highest BCUT2D eigenvalue weighted by Crippen LogP contribution is 2.32. The molecule has 0 heterocycles. The molecule has 0 radical (unpaired) electrons. The van der Waals surface area contributed by atoms with Crippen molar-refractivity contribution in [3.63, 3.8) is 0 Å². The third kappa shape index (κ3) is 2.24. The lowest BCUT2D eigenvalue weighted by Crippen LogP contribution is -2.41. The van der Waals surface area contributed by atoms with Gasteiger partial charge in [0.15, 0.2) is 0 Å². The second-order valence-corrected chi connectivity index (χ2v) is 5.06. The van der Waals surface area contributed by atoms with Crippen molar-refractivity contribution in [2.75, 3.05) is 0 Å². The minimum atomic E-state index is -0.549. The zero-order valence-electron chi connectivity index (χ0n) is 6.23. The minimum absolute atomic E-state index is 0.214. The maximum atomic E-state index is 8.40. The fourth-order valence-electron chi connectivity index (χ4n) is 0.109. The normalized spacial score (nSPS) is 14.0. The Morgan fingerprint density at radius 1 is 1.22 bits per heavy atom. The summed E-state index contributed by atoms with van der Waals surface area (Å²) >= 11 is 3.38. The Labute approximate surface area is 64.3 Å². The monoisotopic (exact) mass is 196 g/mol. The molecule has 0 aliphatic heterocycles. The van der Waals surface area contributed by atoms with Crippen molar-refractivity contribution >= 4 is 15.9 Å². The van der Waals surface area contributed by atoms with Crippen LogP contribution in [0.2, 0.25) is 0 Å². The summed E-state index contributed by atoms with van der Waals surface area (Å²) in [5.41, 5.74) is -0.549. The molecule has 0 rings (SSSR count). The highest BCUT2D eigenvalue weighted by molar-refractivity contribution is 9.10. The molecule has 0 saturated carbocycles. The van der Waals surface area contributed by atoms with Gasteiger partial charge in [0, 0.05) is 0 Å². The number of hydrogen-bond donors (Lipinski definition) is 1. The van der Waals surface area contributed by atoms with Crippen LogP contribution in [0.4, 0.5) is 0 Å². The molecule has 2 nitrogen and oxygen atoms in total. The van der Waals surface area contributed by atoms with Crippen LogP contribution in [0, 0.1) is 0 Å². The Morgan fingerprint density at radius 2 is 1.56 bits per heavy atom. The fraction of sp³-hybridized carbons (Fsp3) is 1.00. The van der Waals surface area contributed by atoms with Crippen LogP contribution in [-0.2, 0) is 4.89 Å². The third-order valence-electron chi connectivity index (χ3n) is 1.66. The van der Waals surface area contributed by atoms with Crippen LogP contribution in [0.5, 0.6) is 0 Å². The van der Waals surface area contributed by atoms with E-state index >= 15 is 0 Å². The van der Waals surface area contributed by atoms with Gasteiger partial charge in [0.1, 0.15) is 5.60 Å². The summed E-state index contributed by atoms with van der Waals surface area (Å²) < 4.78 is -0.214. The number of alkyl halides is 1. The standard InChI is InChI=1S/C6H13BrO2/c1-5(2,7)6(3,4)9-8/h8H,1-4H3. The number of hydrogen-bond acceptors (Lipinski definition) is 2. The van der Waals surface area contributed by atoms with Crippen molar-refractivity contribution in [3.05, 3.63) is 0 Å². The molecule has 0 aromatic carbocycles. The molecule has 0 aliphatic carbocycles. The molecule has 9 heavy (non-hydrogen) atoms. The summed E-state index contributed by atoms with van der Waals surface area (Å²) in [7, 11) is 0. The van der Waals surface area contributed by atoms with Crippen LogP contribution in [-0.4, -0.2) is 15.2 Å². The van der Waals surface area contributed by atoms with Crippen LogP contribution >= 0.6 is 15.9 Å². The summed E-state index contributed by atoms with van der Waals surface area (Å²) in [6, 6.07) is 0. The SMILES string of the molecule is CC(C)(Br)C(C)(C)OO. The summed E-state index contributed by atoms with van der Waals surface area (Å²) in [5.74, 6) is 0. The van der Waals surface area contributed by atoms with Gasteiger partial charge in [0.2, 0.25) is 0 Å². The highest BCUT2D eigenvalue weighted by atomic mass is 79.9. The average Bonchev–Trinajstić information content (AvgIpc) is 1.64. The number of rotatable bonds is 2. The van der Waals surface area contributed by atoms with Crippen LogP contribution in [0.3, 0.4) is 0 Å². The molecule has 0 spiro atoms. The molecular formula is C6H13BrO2. The smallest absolute Gasteiger partial charge is 0.112 e. The van der Waals surface area contributed by atoms with E-state index in [1.165, 1.54) is 0 Å². The van der Waals surface area contributed by atoms with Crippen LogP contribution < -0.4 is 0 Å². The summed E-state index contributed by atoms with van der Waals surface area (Å²) in [6.07, 6.45) is 0. The lowest BCUT2D eigenvalue weighted by atomic mass is 9.95. The largest absolute Gasteiger partial charge is 0.251 e. The van der Waals surface area contributed by atoms with Gasteiger partial charge in [-0.25, -0.2) is 4.89 Å². The Bertz CT molecular complexity index is 93.7. The van der Waals surface area contributed by atoms with Gasteiger partial charge < -0.3 is 0 Å². The predicted octanol–water partition coefficient (Wildman–Crippen LogP) is 2.43. The van der Waals surface area contributed by atoms with Gasteiger partial charge in [-0.15, -0.1) is 0 Å². The van der Waals surface area contributed by atoms with Crippen LogP contribution in [0.25, 0.3) is 0 Å². The van der Waals surface area contributed by atoms with E-state index in [2.05, 4.69) is 20.8 Å². The van der Waals surface area contributed by atoms with Gasteiger partial charge in [-0.05, 0) is 27.7 Å². The van der Waals surface area contributed by atoms with Crippen molar-refractivity contribution < 1.29 is 10.1 Å². The second-order valence-electron chi connectivity index (χ2n) is 3.07. The Balaban J connectivity index is 4.14. The molecule has 0 fully saturated rings. The van der Waals surface area contributed by atoms with E-state index in [4.69, 9.17) is 5.26 Å². The molecule has 0 atom stereocenters. The van der Waals surface area contributed by atoms with Crippen molar-refractivity contribution in [2.24, 2.45) is 0 Å². The van der Waals surface area contributed by atoms with Gasteiger partial charge in [-0.2, -0.15) is 0 Å². The maximum absolute atomic E-state index is 8.40. The van der Waals surface area contributed by atoms with Gasteiger partial charge in [0.05, 0.1) is 4.32 Å². The first-order valence-electron chi connectivity index (χ1n) is 2.83. The molecule has 0 amide bonds. The Hall–Kier alpha value is 0.400. The van der Waals surface area contributed by atoms with E-state index in [9.17, 15) is 0 Å². The first kappa shape index (κ1) is 9.40. The zero-order chi connectivity index (χ0) is 7.71. The molecular weight excluding hydrogens is 184 g/mol. The van der Waals surface area contributed by atoms with Crippen molar-refractivity contribution in [2.45, 2.75) is 37.6 Å². The fourth-order valence-corrected chi connectivity index (χ4v) is 0.181. The topological polar surface area (TPSA) is 29.5 Å². The van der Waals surface area contributed by atoms with Gasteiger partial charge in [-0.3, -0.25) is 5.26 Å². The minimum Gasteiger partial charge on any atom is -0.251 e. The van der Waals surface area contributed by atoms with E-state index in [0.717, 1.165) is 0 Å². The second kappa shape index (κ2) is 2.56. The quantitative estimate of drug-likeness (QED) is 0.418. The Morgan fingerprint density at radius 3 is 1.56 bits per heavy atom. The summed E-state index contributed by atoms with van der Waals surface area (Å²) in [5, 5.41) is 8.40. The van der Waals surface area contributed by atoms with E-state index < -0.39 is 5.60 Å². The van der Waals surface area contributed by atoms with E-state index in [-0.39, 0.29) is 4.32 Å². The summed E-state index contributed by atoms with van der Waals surface area (Å²) in [6.45, 7) is 7.48. The predicted molar refractivity (Wildman–Crippen MR) is 40.8 cm³/mol. The molecule has 0 bridgehead atoms. The molecule has 0 unspecified atom stereocenters. The van der Waals surface area contributed by atoms with Crippen molar-refractivity contribution in [1.82, 2.24) is 0 Å². The summed E-state index contributed by atoms with van der Waals surface area (Å²) in [4.78, 5) is 4.26. The van der Waals surface area contributed by atoms with Gasteiger partial charge in [0.25, 0.3) is 0 Å². The first-order chi connectivity index (χ1) is 3.81. The zero-order valence-corrected chi connectivity index (χ0v) is 7.82. The Kier molecular flexibility index (Phi) is 2.68.